The normalized spacial score (nSPS) is 12.8. The summed E-state index contributed by atoms with van der Waals surface area (Å²) < 4.78 is 10.5. The molecule has 0 N–H and O–H groups in total. The van der Waals surface area contributed by atoms with Crippen LogP contribution in [0.5, 0.6) is 11.5 Å². The predicted octanol–water partition coefficient (Wildman–Crippen LogP) is 2.71. The van der Waals surface area contributed by atoms with Crippen LogP contribution in [0, 0.1) is 0 Å². The van der Waals surface area contributed by atoms with Gasteiger partial charge < -0.3 is 9.47 Å². The van der Waals surface area contributed by atoms with Crippen molar-refractivity contribution in [3.63, 3.8) is 0 Å². The lowest BCUT2D eigenvalue weighted by Crippen LogP contribution is -1.96. The Hall–Kier alpha value is -2.62. The Morgan fingerprint density at radius 3 is 2.89 bits per heavy atom. The highest BCUT2D eigenvalue weighted by Crippen LogP contribution is 2.32. The Labute approximate surface area is 110 Å². The SMILES string of the molecule is O=C(/C=C/c1ccc2c(c1)OCO2)c1ccccn1. The van der Waals surface area contributed by atoms with Gasteiger partial charge in [-0.15, -0.1) is 0 Å². The van der Waals surface area contributed by atoms with Crippen LogP contribution in [0.15, 0.2) is 48.7 Å². The highest BCUT2D eigenvalue weighted by molar-refractivity contribution is 6.05. The molecule has 0 unspecified atom stereocenters. The maximum absolute atomic E-state index is 11.8. The molecule has 1 aromatic carbocycles. The lowest BCUT2D eigenvalue weighted by molar-refractivity contribution is 0.104. The van der Waals surface area contributed by atoms with E-state index in [1.807, 2.05) is 18.2 Å². The lowest BCUT2D eigenvalue weighted by atomic mass is 10.1. The summed E-state index contributed by atoms with van der Waals surface area (Å²) in [5, 5.41) is 0. The zero-order valence-corrected chi connectivity index (χ0v) is 10.1. The summed E-state index contributed by atoms with van der Waals surface area (Å²) in [6.07, 6.45) is 4.83. The molecule has 0 saturated heterocycles. The number of pyridine rings is 1. The van der Waals surface area contributed by atoms with Gasteiger partial charge in [-0.05, 0) is 35.9 Å². The number of ether oxygens (including phenoxy) is 2. The maximum atomic E-state index is 11.8. The fourth-order valence-electron chi connectivity index (χ4n) is 1.78. The minimum absolute atomic E-state index is 0.127. The van der Waals surface area contributed by atoms with Gasteiger partial charge in [0.05, 0.1) is 0 Å². The Kier molecular flexibility index (Phi) is 2.98. The van der Waals surface area contributed by atoms with Crippen LogP contribution >= 0.6 is 0 Å². The molecule has 4 nitrogen and oxygen atoms in total. The molecule has 4 heteroatoms. The van der Waals surface area contributed by atoms with Crippen molar-refractivity contribution in [3.05, 3.63) is 59.9 Å². The Balaban J connectivity index is 1.78. The van der Waals surface area contributed by atoms with Crippen LogP contribution in [0.2, 0.25) is 0 Å². The molecule has 3 rings (SSSR count). The van der Waals surface area contributed by atoms with E-state index in [0.717, 1.165) is 11.3 Å². The Bertz CT molecular complexity index is 635. The number of carbonyl (C=O) groups is 1. The van der Waals surface area contributed by atoms with Crippen molar-refractivity contribution >= 4 is 11.9 Å². The van der Waals surface area contributed by atoms with Gasteiger partial charge in [0.25, 0.3) is 0 Å². The molecular weight excluding hydrogens is 242 g/mol. The highest BCUT2D eigenvalue weighted by Gasteiger charge is 2.12. The quantitative estimate of drug-likeness (QED) is 0.623. The van der Waals surface area contributed by atoms with Crippen molar-refractivity contribution in [1.82, 2.24) is 4.98 Å². The van der Waals surface area contributed by atoms with Crippen LogP contribution in [0.1, 0.15) is 16.1 Å². The molecule has 1 aromatic heterocycles. The van der Waals surface area contributed by atoms with Crippen molar-refractivity contribution in [3.8, 4) is 11.5 Å². The van der Waals surface area contributed by atoms with Gasteiger partial charge in [0, 0.05) is 6.20 Å². The number of hydrogen-bond acceptors (Lipinski definition) is 4. The van der Waals surface area contributed by atoms with Crippen molar-refractivity contribution < 1.29 is 14.3 Å². The summed E-state index contributed by atoms with van der Waals surface area (Å²) in [4.78, 5) is 15.8. The molecule has 0 spiro atoms. The molecule has 0 aliphatic carbocycles. The minimum atomic E-state index is -0.127. The first kappa shape index (κ1) is 11.5. The first-order valence-corrected chi connectivity index (χ1v) is 5.86. The number of carbonyl (C=O) groups excluding carboxylic acids is 1. The number of ketones is 1. The lowest BCUT2D eigenvalue weighted by Gasteiger charge is -1.97. The third kappa shape index (κ3) is 2.47. The van der Waals surface area contributed by atoms with Crippen LogP contribution in [0.25, 0.3) is 6.08 Å². The molecule has 94 valence electrons. The topological polar surface area (TPSA) is 48.4 Å². The van der Waals surface area contributed by atoms with Crippen molar-refractivity contribution in [1.29, 1.82) is 0 Å². The molecule has 2 heterocycles. The fourth-order valence-corrected chi connectivity index (χ4v) is 1.78. The van der Waals surface area contributed by atoms with Crippen molar-refractivity contribution in [2.24, 2.45) is 0 Å². The van der Waals surface area contributed by atoms with Crippen LogP contribution in [-0.2, 0) is 0 Å². The molecule has 0 fully saturated rings. The zero-order valence-electron chi connectivity index (χ0n) is 10.1. The van der Waals surface area contributed by atoms with E-state index < -0.39 is 0 Å². The third-order valence-electron chi connectivity index (χ3n) is 2.74. The van der Waals surface area contributed by atoms with Crippen molar-refractivity contribution in [2.75, 3.05) is 6.79 Å². The Morgan fingerprint density at radius 2 is 2.05 bits per heavy atom. The molecule has 0 saturated carbocycles. The average molecular weight is 253 g/mol. The van der Waals surface area contributed by atoms with Crippen LogP contribution in [-0.4, -0.2) is 17.6 Å². The number of benzene rings is 1. The molecule has 0 radical (unpaired) electrons. The summed E-state index contributed by atoms with van der Waals surface area (Å²) in [6, 6.07) is 10.8. The first-order chi connectivity index (χ1) is 9.33. The van der Waals surface area contributed by atoms with E-state index in [1.54, 1.807) is 30.5 Å². The minimum Gasteiger partial charge on any atom is -0.454 e. The Morgan fingerprint density at radius 1 is 1.16 bits per heavy atom. The molecular formula is C15H11NO3. The van der Waals surface area contributed by atoms with E-state index in [-0.39, 0.29) is 12.6 Å². The standard InChI is InChI=1S/C15H11NO3/c17-13(12-3-1-2-8-16-12)6-4-11-5-7-14-15(9-11)19-10-18-14/h1-9H,10H2/b6-4+. The molecule has 0 amide bonds. The number of fused-ring (bicyclic) bond motifs is 1. The molecule has 19 heavy (non-hydrogen) atoms. The third-order valence-corrected chi connectivity index (χ3v) is 2.74. The van der Waals surface area contributed by atoms with E-state index in [0.29, 0.717) is 11.4 Å². The van der Waals surface area contributed by atoms with Crippen LogP contribution < -0.4 is 9.47 Å². The van der Waals surface area contributed by atoms with E-state index in [4.69, 9.17) is 9.47 Å². The number of nitrogens with zero attached hydrogens (tertiary/aromatic N) is 1. The smallest absolute Gasteiger partial charge is 0.231 e. The average Bonchev–Trinajstić information content (AvgIpc) is 2.93. The number of rotatable bonds is 3. The molecule has 1 aliphatic heterocycles. The van der Waals surface area contributed by atoms with Gasteiger partial charge in [-0.3, -0.25) is 9.78 Å². The van der Waals surface area contributed by atoms with Crippen molar-refractivity contribution in [2.45, 2.75) is 0 Å². The number of hydrogen-bond donors (Lipinski definition) is 0. The van der Waals surface area contributed by atoms with E-state index in [2.05, 4.69) is 4.98 Å². The molecule has 0 atom stereocenters. The summed E-state index contributed by atoms with van der Waals surface area (Å²) in [6.45, 7) is 0.245. The summed E-state index contributed by atoms with van der Waals surface area (Å²) in [7, 11) is 0. The second kappa shape index (κ2) is 4.94. The van der Waals surface area contributed by atoms with Crippen LogP contribution in [0.3, 0.4) is 0 Å². The highest BCUT2D eigenvalue weighted by atomic mass is 16.7. The van der Waals surface area contributed by atoms with Gasteiger partial charge in [0.1, 0.15) is 5.69 Å². The van der Waals surface area contributed by atoms with E-state index in [1.165, 1.54) is 6.08 Å². The van der Waals surface area contributed by atoms with E-state index >= 15 is 0 Å². The molecule has 1 aliphatic rings. The maximum Gasteiger partial charge on any atom is 0.231 e. The van der Waals surface area contributed by atoms with Gasteiger partial charge >= 0.3 is 0 Å². The van der Waals surface area contributed by atoms with Gasteiger partial charge in [-0.25, -0.2) is 0 Å². The van der Waals surface area contributed by atoms with Gasteiger partial charge in [-0.1, -0.05) is 18.2 Å². The number of allylic oxidation sites excluding steroid dienone is 1. The second-order valence-corrected chi connectivity index (χ2v) is 4.03. The van der Waals surface area contributed by atoms with Crippen LogP contribution in [0.4, 0.5) is 0 Å². The van der Waals surface area contributed by atoms with Gasteiger partial charge in [0.2, 0.25) is 12.6 Å². The van der Waals surface area contributed by atoms with E-state index in [9.17, 15) is 4.79 Å². The number of aromatic nitrogens is 1. The summed E-state index contributed by atoms with van der Waals surface area (Å²) >= 11 is 0. The summed E-state index contributed by atoms with van der Waals surface area (Å²) in [5.74, 6) is 1.30. The first-order valence-electron chi connectivity index (χ1n) is 5.86. The van der Waals surface area contributed by atoms with Gasteiger partial charge in [0.15, 0.2) is 11.5 Å². The summed E-state index contributed by atoms with van der Waals surface area (Å²) in [5.41, 5.74) is 1.31. The second-order valence-electron chi connectivity index (χ2n) is 4.03. The molecule has 0 bridgehead atoms. The molecule has 2 aromatic rings. The van der Waals surface area contributed by atoms with Gasteiger partial charge in [-0.2, -0.15) is 0 Å². The fraction of sp³-hybridized carbons (Fsp3) is 0.0667. The largest absolute Gasteiger partial charge is 0.454 e. The zero-order chi connectivity index (χ0) is 13.1. The predicted molar refractivity (Wildman–Crippen MR) is 70.2 cm³/mol. The monoisotopic (exact) mass is 253 g/mol.